The topological polar surface area (TPSA) is 29.3 Å². The Morgan fingerprint density at radius 1 is 1.00 bits per heavy atom. The van der Waals surface area contributed by atoms with Crippen LogP contribution in [0.5, 0.6) is 0 Å². The van der Waals surface area contributed by atoms with E-state index in [2.05, 4.69) is 60.4 Å². The summed E-state index contributed by atoms with van der Waals surface area (Å²) < 4.78 is 0. The minimum Gasteiger partial charge on any atom is -0.329 e. The molecule has 1 rings (SSSR count). The second-order valence-electron chi connectivity index (χ2n) is 9.49. The Labute approximate surface area is 133 Å². The Bertz CT molecular complexity index is 303. The molecule has 0 heterocycles. The van der Waals surface area contributed by atoms with Crippen LogP contribution >= 0.6 is 0 Å². The molecule has 21 heavy (non-hydrogen) atoms. The zero-order chi connectivity index (χ0) is 16.4. The van der Waals surface area contributed by atoms with E-state index in [-0.39, 0.29) is 0 Å². The number of nitrogens with zero attached hydrogens (tertiary/aromatic N) is 1. The zero-order valence-corrected chi connectivity index (χ0v) is 15.9. The number of likely N-dealkylation sites (N-methyl/N-ethyl adjacent to an activating group) is 1. The Morgan fingerprint density at radius 3 is 1.81 bits per heavy atom. The predicted molar refractivity (Wildman–Crippen MR) is 94.4 cm³/mol. The van der Waals surface area contributed by atoms with Crippen LogP contribution in [0.1, 0.15) is 74.1 Å². The van der Waals surface area contributed by atoms with Gasteiger partial charge in [0.15, 0.2) is 0 Å². The van der Waals surface area contributed by atoms with Gasteiger partial charge in [-0.2, -0.15) is 0 Å². The smallest absolute Gasteiger partial charge is 0.0246 e. The van der Waals surface area contributed by atoms with E-state index in [1.807, 2.05) is 0 Å². The summed E-state index contributed by atoms with van der Waals surface area (Å²) >= 11 is 0. The normalized spacial score (nSPS) is 27.7. The van der Waals surface area contributed by atoms with Crippen LogP contribution in [0, 0.1) is 22.7 Å². The quantitative estimate of drug-likeness (QED) is 0.825. The molecule has 0 aromatic carbocycles. The molecule has 0 aromatic rings. The van der Waals surface area contributed by atoms with Gasteiger partial charge in [-0.05, 0) is 62.3 Å². The molecule has 0 bridgehead atoms. The molecule has 0 amide bonds. The van der Waals surface area contributed by atoms with Gasteiger partial charge >= 0.3 is 0 Å². The summed E-state index contributed by atoms with van der Waals surface area (Å²) in [6.07, 6.45) is 5.46. The molecule has 126 valence electrons. The fourth-order valence-corrected chi connectivity index (χ4v) is 3.96. The molecule has 2 atom stereocenters. The first-order valence-electron chi connectivity index (χ1n) is 8.90. The Balaban J connectivity index is 2.67. The molecule has 2 heteroatoms. The lowest BCUT2D eigenvalue weighted by molar-refractivity contribution is 0.0431. The summed E-state index contributed by atoms with van der Waals surface area (Å²) in [5.74, 6) is 1.67. The van der Waals surface area contributed by atoms with Crippen LogP contribution in [0.25, 0.3) is 0 Å². The van der Waals surface area contributed by atoms with E-state index in [0.29, 0.717) is 22.9 Å². The first-order chi connectivity index (χ1) is 9.48. The average Bonchev–Trinajstić information content (AvgIpc) is 2.37. The molecular formula is C19H40N2. The summed E-state index contributed by atoms with van der Waals surface area (Å²) in [4.78, 5) is 2.56. The molecule has 1 saturated carbocycles. The van der Waals surface area contributed by atoms with E-state index in [4.69, 9.17) is 5.73 Å². The third-order valence-corrected chi connectivity index (χ3v) is 6.17. The third kappa shape index (κ3) is 4.96. The van der Waals surface area contributed by atoms with Gasteiger partial charge in [-0.25, -0.2) is 0 Å². The summed E-state index contributed by atoms with van der Waals surface area (Å²) in [5, 5.41) is 0. The molecule has 0 aromatic heterocycles. The Kier molecular flexibility index (Phi) is 6.32. The maximum atomic E-state index is 6.16. The number of nitrogens with two attached hydrogens (primary N) is 1. The molecule has 2 nitrogen and oxygen atoms in total. The summed E-state index contributed by atoms with van der Waals surface area (Å²) in [5.41, 5.74) is 6.94. The van der Waals surface area contributed by atoms with Gasteiger partial charge in [-0.3, -0.25) is 4.90 Å². The Hall–Kier alpha value is -0.0800. The predicted octanol–water partition coefficient (Wildman–Crippen LogP) is 4.53. The second-order valence-corrected chi connectivity index (χ2v) is 9.49. The molecule has 0 radical (unpaired) electrons. The minimum atomic E-state index is 0.310. The molecule has 0 saturated heterocycles. The van der Waals surface area contributed by atoms with Gasteiger partial charge in [0, 0.05) is 18.6 Å². The van der Waals surface area contributed by atoms with Gasteiger partial charge < -0.3 is 5.73 Å². The average molecular weight is 297 g/mol. The van der Waals surface area contributed by atoms with E-state index in [0.717, 1.165) is 18.4 Å². The van der Waals surface area contributed by atoms with Crippen molar-refractivity contribution in [3.8, 4) is 0 Å². The van der Waals surface area contributed by atoms with Crippen molar-refractivity contribution in [3.63, 3.8) is 0 Å². The largest absolute Gasteiger partial charge is 0.329 e. The van der Waals surface area contributed by atoms with Gasteiger partial charge in [0.05, 0.1) is 0 Å². The lowest BCUT2D eigenvalue weighted by Crippen LogP contribution is -2.52. The van der Waals surface area contributed by atoms with Crippen molar-refractivity contribution in [3.05, 3.63) is 0 Å². The maximum Gasteiger partial charge on any atom is 0.0246 e. The maximum absolute atomic E-state index is 6.16. The molecular weight excluding hydrogens is 256 g/mol. The van der Waals surface area contributed by atoms with Crippen LogP contribution < -0.4 is 5.73 Å². The fraction of sp³-hybridized carbons (Fsp3) is 1.00. The number of rotatable bonds is 4. The molecule has 0 spiro atoms. The van der Waals surface area contributed by atoms with Crippen LogP contribution in [-0.2, 0) is 0 Å². The highest BCUT2D eigenvalue weighted by Crippen LogP contribution is 2.41. The fourth-order valence-electron chi connectivity index (χ4n) is 3.96. The lowest BCUT2D eigenvalue weighted by atomic mass is 9.68. The van der Waals surface area contributed by atoms with Crippen molar-refractivity contribution in [2.75, 3.05) is 13.6 Å². The van der Waals surface area contributed by atoms with Gasteiger partial charge in [0.25, 0.3) is 0 Å². The van der Waals surface area contributed by atoms with Crippen molar-refractivity contribution < 1.29 is 0 Å². The summed E-state index contributed by atoms with van der Waals surface area (Å²) in [7, 11) is 2.28. The van der Waals surface area contributed by atoms with Crippen molar-refractivity contribution >= 4 is 0 Å². The first-order valence-corrected chi connectivity index (χ1v) is 8.90. The van der Waals surface area contributed by atoms with E-state index < -0.39 is 0 Å². The van der Waals surface area contributed by atoms with E-state index >= 15 is 0 Å². The Morgan fingerprint density at radius 2 is 1.48 bits per heavy atom. The minimum absolute atomic E-state index is 0.310. The van der Waals surface area contributed by atoms with Crippen molar-refractivity contribution in [1.82, 2.24) is 4.90 Å². The second kappa shape index (κ2) is 7.00. The van der Waals surface area contributed by atoms with Gasteiger partial charge in [0.2, 0.25) is 0 Å². The number of hydrogen-bond donors (Lipinski definition) is 1. The van der Waals surface area contributed by atoms with Crippen LogP contribution in [-0.4, -0.2) is 30.6 Å². The van der Waals surface area contributed by atoms with Crippen LogP contribution in [0.4, 0.5) is 0 Å². The van der Waals surface area contributed by atoms with Crippen molar-refractivity contribution in [2.45, 2.75) is 86.2 Å². The molecule has 0 aliphatic heterocycles. The third-order valence-electron chi connectivity index (χ3n) is 6.17. The SMILES string of the molecule is CC(N(C)C(CN)C1CCC(C(C)(C)C)CC1)C(C)(C)C. The van der Waals surface area contributed by atoms with E-state index in [1.165, 1.54) is 25.7 Å². The standard InChI is InChI=1S/C19H40N2/c1-14(18(2,3)4)21(8)17(13-20)15-9-11-16(12-10-15)19(5,6)7/h14-17H,9-13,20H2,1-8H3. The van der Waals surface area contributed by atoms with Crippen LogP contribution in [0.15, 0.2) is 0 Å². The molecule has 1 aliphatic carbocycles. The highest BCUT2D eigenvalue weighted by atomic mass is 15.2. The highest BCUT2D eigenvalue weighted by Gasteiger charge is 2.36. The molecule has 1 aliphatic rings. The van der Waals surface area contributed by atoms with Gasteiger partial charge in [-0.1, -0.05) is 41.5 Å². The van der Waals surface area contributed by atoms with Gasteiger partial charge in [0.1, 0.15) is 0 Å². The van der Waals surface area contributed by atoms with Crippen LogP contribution in [0.3, 0.4) is 0 Å². The summed E-state index contributed by atoms with van der Waals surface area (Å²) in [6.45, 7) is 17.3. The lowest BCUT2D eigenvalue weighted by Gasteiger charge is -2.46. The summed E-state index contributed by atoms with van der Waals surface area (Å²) in [6, 6.07) is 1.10. The number of hydrogen-bond acceptors (Lipinski definition) is 2. The van der Waals surface area contributed by atoms with E-state index in [1.54, 1.807) is 0 Å². The van der Waals surface area contributed by atoms with Gasteiger partial charge in [-0.15, -0.1) is 0 Å². The van der Waals surface area contributed by atoms with Crippen molar-refractivity contribution in [2.24, 2.45) is 28.4 Å². The highest BCUT2D eigenvalue weighted by molar-refractivity contribution is 4.90. The van der Waals surface area contributed by atoms with E-state index in [9.17, 15) is 0 Å². The molecule has 2 N–H and O–H groups in total. The first kappa shape index (κ1) is 19.0. The molecule has 2 unspecified atom stereocenters. The zero-order valence-electron chi connectivity index (χ0n) is 15.9. The molecule has 1 fully saturated rings. The van der Waals surface area contributed by atoms with Crippen LogP contribution in [0.2, 0.25) is 0 Å². The monoisotopic (exact) mass is 296 g/mol. The van der Waals surface area contributed by atoms with Crippen molar-refractivity contribution in [1.29, 1.82) is 0 Å².